The number of carbonyl (C=O) groups excluding carboxylic acids is 3. The van der Waals surface area contributed by atoms with Crippen LogP contribution in [-0.4, -0.2) is 27.5 Å². The summed E-state index contributed by atoms with van der Waals surface area (Å²) >= 11 is 0. The van der Waals surface area contributed by atoms with E-state index in [-0.39, 0.29) is 53.3 Å². The van der Waals surface area contributed by atoms with E-state index in [0.717, 1.165) is 12.8 Å². The SMILES string of the molecule is O=C(C[C@H](c1ccccc1)N1C(=O)[C@@H]2[C@H](C1=O)[C@H]1C=C[C@H]2CC1)Nc1cccc([N+](=O)[O-])c1. The molecule has 6 rings (SSSR count). The number of nitrogens with one attached hydrogen (secondary N) is 1. The summed E-state index contributed by atoms with van der Waals surface area (Å²) in [4.78, 5) is 51.7. The number of nitro groups is 1. The van der Waals surface area contributed by atoms with Crippen LogP contribution in [0.2, 0.25) is 0 Å². The number of allylic oxidation sites excluding steroid dienone is 2. The summed E-state index contributed by atoms with van der Waals surface area (Å²) in [5, 5.41) is 13.7. The Morgan fingerprint density at radius 1 is 1.00 bits per heavy atom. The van der Waals surface area contributed by atoms with Gasteiger partial charge in [-0.1, -0.05) is 48.6 Å². The minimum atomic E-state index is -0.741. The van der Waals surface area contributed by atoms with Crippen molar-refractivity contribution in [3.05, 3.63) is 82.4 Å². The number of fused-ring (bicyclic) bond motifs is 1. The van der Waals surface area contributed by atoms with Crippen LogP contribution in [0, 0.1) is 33.8 Å². The molecule has 1 saturated heterocycles. The van der Waals surface area contributed by atoms with E-state index in [4.69, 9.17) is 0 Å². The van der Waals surface area contributed by atoms with E-state index in [1.165, 1.54) is 23.1 Å². The number of imide groups is 1. The van der Waals surface area contributed by atoms with Gasteiger partial charge in [0.25, 0.3) is 5.69 Å². The second-order valence-electron chi connectivity index (χ2n) is 8.87. The first-order chi connectivity index (χ1) is 15.9. The van der Waals surface area contributed by atoms with Crippen LogP contribution in [0.3, 0.4) is 0 Å². The van der Waals surface area contributed by atoms with Crippen molar-refractivity contribution in [2.24, 2.45) is 23.7 Å². The van der Waals surface area contributed by atoms with Crippen molar-refractivity contribution in [1.82, 2.24) is 4.90 Å². The van der Waals surface area contributed by atoms with Crippen molar-refractivity contribution in [1.29, 1.82) is 0 Å². The minimum absolute atomic E-state index is 0.0663. The highest BCUT2D eigenvalue weighted by atomic mass is 16.6. The molecule has 1 aliphatic heterocycles. The lowest BCUT2D eigenvalue weighted by atomic mass is 9.63. The Morgan fingerprint density at radius 3 is 2.21 bits per heavy atom. The van der Waals surface area contributed by atoms with Gasteiger partial charge in [-0.05, 0) is 36.3 Å². The highest BCUT2D eigenvalue weighted by Crippen LogP contribution is 2.51. The molecule has 5 atom stereocenters. The second-order valence-corrected chi connectivity index (χ2v) is 8.87. The fourth-order valence-electron chi connectivity index (χ4n) is 5.52. The van der Waals surface area contributed by atoms with Crippen molar-refractivity contribution < 1.29 is 19.3 Å². The van der Waals surface area contributed by atoms with Gasteiger partial charge in [0.1, 0.15) is 0 Å². The van der Waals surface area contributed by atoms with Crippen molar-refractivity contribution in [3.63, 3.8) is 0 Å². The van der Waals surface area contributed by atoms with Crippen LogP contribution in [0.4, 0.5) is 11.4 Å². The second kappa shape index (κ2) is 8.27. The topological polar surface area (TPSA) is 110 Å². The van der Waals surface area contributed by atoms with E-state index < -0.39 is 16.9 Å². The van der Waals surface area contributed by atoms with Gasteiger partial charge in [-0.15, -0.1) is 0 Å². The first-order valence-electron chi connectivity index (χ1n) is 11.1. The van der Waals surface area contributed by atoms with Crippen LogP contribution >= 0.6 is 0 Å². The van der Waals surface area contributed by atoms with Gasteiger partial charge in [0.2, 0.25) is 17.7 Å². The quantitative estimate of drug-likeness (QED) is 0.314. The molecule has 0 radical (unpaired) electrons. The molecule has 2 bridgehead atoms. The Bertz CT molecular complexity index is 1130. The zero-order chi connectivity index (χ0) is 23.1. The van der Waals surface area contributed by atoms with Crippen molar-refractivity contribution in [2.45, 2.75) is 25.3 Å². The van der Waals surface area contributed by atoms with E-state index in [9.17, 15) is 24.5 Å². The first-order valence-corrected chi connectivity index (χ1v) is 11.1. The van der Waals surface area contributed by atoms with E-state index in [2.05, 4.69) is 17.5 Å². The highest BCUT2D eigenvalue weighted by Gasteiger charge is 2.58. The van der Waals surface area contributed by atoms with Gasteiger partial charge >= 0.3 is 0 Å². The smallest absolute Gasteiger partial charge is 0.271 e. The molecule has 0 spiro atoms. The molecule has 3 amide bonds. The lowest BCUT2D eigenvalue weighted by molar-refractivity contribution is -0.384. The van der Waals surface area contributed by atoms with Crippen LogP contribution in [0.5, 0.6) is 0 Å². The van der Waals surface area contributed by atoms with Crippen LogP contribution in [0.25, 0.3) is 0 Å². The van der Waals surface area contributed by atoms with E-state index in [1.54, 1.807) is 18.2 Å². The average Bonchev–Trinajstić information content (AvgIpc) is 3.11. The van der Waals surface area contributed by atoms with Crippen molar-refractivity contribution in [2.75, 3.05) is 5.32 Å². The van der Waals surface area contributed by atoms with E-state index in [0.29, 0.717) is 5.56 Å². The first kappa shape index (κ1) is 21.1. The normalized spacial score (nSPS) is 26.2. The third-order valence-corrected chi connectivity index (χ3v) is 7.01. The molecular weight excluding hydrogens is 422 g/mol. The minimum Gasteiger partial charge on any atom is -0.326 e. The molecule has 0 aromatic heterocycles. The number of rotatable bonds is 6. The summed E-state index contributed by atoms with van der Waals surface area (Å²) in [7, 11) is 0. The van der Waals surface area contributed by atoms with Crippen LogP contribution in [-0.2, 0) is 14.4 Å². The molecule has 8 nitrogen and oxygen atoms in total. The van der Waals surface area contributed by atoms with Crippen molar-refractivity contribution >= 4 is 29.1 Å². The number of amides is 3. The Labute approximate surface area is 190 Å². The standard InChI is InChI=1S/C25H23N3O5/c29-21(26-18-7-4-8-19(13-18)28(32)33)14-20(15-5-2-1-3-6-15)27-24(30)22-16-9-10-17(12-11-16)23(22)25(27)31/h1-10,13,16-17,20,22-23H,11-12,14H2,(H,26,29)/t16-,17-,20+,22-,23+/m0/s1. The number of nitro benzene ring substituents is 1. The highest BCUT2D eigenvalue weighted by molar-refractivity contribution is 6.07. The fraction of sp³-hybridized carbons (Fsp3) is 0.320. The molecule has 33 heavy (non-hydrogen) atoms. The number of non-ortho nitro benzene ring substituents is 1. The molecule has 8 heteroatoms. The number of hydrogen-bond donors (Lipinski definition) is 1. The lowest BCUT2D eigenvalue weighted by Gasteiger charge is -2.38. The van der Waals surface area contributed by atoms with Crippen LogP contribution in [0.1, 0.15) is 30.9 Å². The van der Waals surface area contributed by atoms with Gasteiger partial charge in [0.05, 0.1) is 29.2 Å². The third kappa shape index (κ3) is 3.71. The molecular formula is C25H23N3O5. The van der Waals surface area contributed by atoms with E-state index >= 15 is 0 Å². The Balaban J connectivity index is 1.42. The predicted octanol–water partition coefficient (Wildman–Crippen LogP) is 3.86. The van der Waals surface area contributed by atoms with Crippen molar-refractivity contribution in [3.8, 4) is 0 Å². The summed E-state index contributed by atoms with van der Waals surface area (Å²) in [5.74, 6) is -1.42. The monoisotopic (exact) mass is 445 g/mol. The number of anilines is 1. The Hall–Kier alpha value is -3.81. The van der Waals surface area contributed by atoms with Crippen LogP contribution < -0.4 is 5.32 Å². The Morgan fingerprint density at radius 2 is 1.64 bits per heavy atom. The maximum absolute atomic E-state index is 13.5. The molecule has 1 heterocycles. The maximum atomic E-state index is 13.5. The summed E-state index contributed by atoms with van der Waals surface area (Å²) in [6.45, 7) is 0. The number of nitrogens with zero attached hydrogens (tertiary/aromatic N) is 2. The molecule has 2 aromatic rings. The number of carbonyl (C=O) groups is 3. The fourth-order valence-corrected chi connectivity index (χ4v) is 5.52. The number of benzene rings is 2. The molecule has 2 fully saturated rings. The van der Waals surface area contributed by atoms with Gasteiger partial charge in [0, 0.05) is 17.8 Å². The third-order valence-electron chi connectivity index (χ3n) is 7.01. The van der Waals surface area contributed by atoms with Crippen LogP contribution in [0.15, 0.2) is 66.7 Å². The molecule has 3 aliphatic carbocycles. The van der Waals surface area contributed by atoms with Gasteiger partial charge < -0.3 is 5.32 Å². The zero-order valence-corrected chi connectivity index (χ0v) is 17.8. The summed E-state index contributed by atoms with van der Waals surface area (Å²) in [6.07, 6.45) is 5.80. The number of likely N-dealkylation sites (tertiary alicyclic amines) is 1. The summed E-state index contributed by atoms with van der Waals surface area (Å²) in [5.41, 5.74) is 0.854. The summed E-state index contributed by atoms with van der Waals surface area (Å²) in [6, 6.07) is 14.0. The number of hydrogen-bond acceptors (Lipinski definition) is 5. The largest absolute Gasteiger partial charge is 0.326 e. The van der Waals surface area contributed by atoms with Gasteiger partial charge in [-0.3, -0.25) is 29.4 Å². The molecule has 1 N–H and O–H groups in total. The lowest BCUT2D eigenvalue weighted by Crippen LogP contribution is -2.38. The van der Waals surface area contributed by atoms with E-state index in [1.807, 2.05) is 18.2 Å². The summed E-state index contributed by atoms with van der Waals surface area (Å²) < 4.78 is 0. The van der Waals surface area contributed by atoms with Gasteiger partial charge in [-0.25, -0.2) is 0 Å². The molecule has 2 aromatic carbocycles. The molecule has 1 saturated carbocycles. The van der Waals surface area contributed by atoms with Gasteiger partial charge in [-0.2, -0.15) is 0 Å². The Kier molecular flexibility index (Phi) is 5.28. The van der Waals surface area contributed by atoms with Gasteiger partial charge in [0.15, 0.2) is 0 Å². The maximum Gasteiger partial charge on any atom is 0.271 e. The molecule has 4 aliphatic rings. The molecule has 168 valence electrons. The predicted molar refractivity (Wildman–Crippen MR) is 120 cm³/mol. The molecule has 0 unspecified atom stereocenters. The average molecular weight is 445 g/mol. The zero-order valence-electron chi connectivity index (χ0n) is 17.8.